The molecule has 18 heteroatoms. The van der Waals surface area contributed by atoms with Crippen LogP contribution in [0.3, 0.4) is 0 Å². The number of carbonyl (C=O) groups is 8. The number of amides is 5. The number of rotatable bonds is 19. The number of carboxylic acids is 3. The zero-order valence-corrected chi connectivity index (χ0v) is 21.9. The van der Waals surface area contributed by atoms with Gasteiger partial charge in [-0.05, 0) is 18.8 Å². The van der Waals surface area contributed by atoms with Crippen molar-refractivity contribution in [3.8, 4) is 0 Å². The molecule has 0 bridgehead atoms. The number of nitrogens with one attached hydrogen (secondary N) is 4. The lowest BCUT2D eigenvalue weighted by Crippen LogP contribution is -2.59. The van der Waals surface area contributed by atoms with Gasteiger partial charge in [0.25, 0.3) is 0 Å². The Kier molecular flexibility index (Phi) is 15.4. The molecule has 5 atom stereocenters. The smallest absolute Gasteiger partial charge is 0.326 e. The van der Waals surface area contributed by atoms with Crippen LogP contribution in [-0.4, -0.2) is 105 Å². The summed E-state index contributed by atoms with van der Waals surface area (Å²) >= 11 is 0. The molecule has 226 valence electrons. The van der Waals surface area contributed by atoms with Crippen molar-refractivity contribution in [1.29, 1.82) is 0 Å². The normalized spacial score (nSPS) is 14.5. The number of aliphatic hydroxyl groups is 1. The van der Waals surface area contributed by atoms with E-state index in [9.17, 15) is 43.5 Å². The molecule has 0 saturated carbocycles. The number of carbonyl (C=O) groups excluding carboxylic acids is 5. The molecule has 12 N–H and O–H groups in total. The first-order valence-electron chi connectivity index (χ1n) is 12.0. The van der Waals surface area contributed by atoms with Gasteiger partial charge >= 0.3 is 17.9 Å². The standard InChI is InChI=1S/C22H36N6O12/c1-9(2)5-10(23)18(35)25-11(3-4-16(31)32)19(36)28-14(8-29)21(38)26-12(7-17(33)34)20(37)27-13(22(39)40)6-15(24)30/h9-14,29H,3-8,23H2,1-2H3,(H2,24,30)(H,25,35)(H,26,38)(H,27,37)(H,28,36)(H,31,32)(H,33,34)(H,39,40)/t10-,11-,12-,13-,14-/m0/s1. The Morgan fingerprint density at radius 3 is 1.60 bits per heavy atom. The zero-order valence-electron chi connectivity index (χ0n) is 21.9. The summed E-state index contributed by atoms with van der Waals surface area (Å²) in [4.78, 5) is 94.9. The highest BCUT2D eigenvalue weighted by Gasteiger charge is 2.33. The minimum absolute atomic E-state index is 0.0204. The van der Waals surface area contributed by atoms with Crippen LogP contribution in [0.5, 0.6) is 0 Å². The molecule has 0 aliphatic heterocycles. The highest BCUT2D eigenvalue weighted by Crippen LogP contribution is 2.06. The van der Waals surface area contributed by atoms with Crippen molar-refractivity contribution in [3.05, 3.63) is 0 Å². The Hall–Kier alpha value is -4.32. The van der Waals surface area contributed by atoms with Crippen molar-refractivity contribution in [2.24, 2.45) is 17.4 Å². The number of hydrogen-bond acceptors (Lipinski definition) is 10. The summed E-state index contributed by atoms with van der Waals surface area (Å²) in [7, 11) is 0. The summed E-state index contributed by atoms with van der Waals surface area (Å²) in [6.45, 7) is 2.51. The number of aliphatic carboxylic acids is 3. The van der Waals surface area contributed by atoms with Gasteiger partial charge in [0.1, 0.15) is 24.2 Å². The average molecular weight is 577 g/mol. The maximum atomic E-state index is 12.8. The van der Waals surface area contributed by atoms with Crippen LogP contribution < -0.4 is 32.7 Å². The van der Waals surface area contributed by atoms with Gasteiger partial charge in [-0.1, -0.05) is 13.8 Å². The number of hydrogen-bond donors (Lipinski definition) is 10. The van der Waals surface area contributed by atoms with Gasteiger partial charge in [0, 0.05) is 6.42 Å². The fraction of sp³-hybridized carbons (Fsp3) is 0.636. The van der Waals surface area contributed by atoms with E-state index in [0.717, 1.165) is 0 Å². The van der Waals surface area contributed by atoms with Crippen LogP contribution in [0, 0.1) is 5.92 Å². The molecule has 0 aliphatic carbocycles. The third kappa shape index (κ3) is 14.0. The summed E-state index contributed by atoms with van der Waals surface area (Å²) in [6.07, 6.45) is -2.63. The van der Waals surface area contributed by atoms with Crippen LogP contribution in [0.2, 0.25) is 0 Å². The third-order valence-electron chi connectivity index (χ3n) is 5.19. The molecule has 0 aromatic rings. The van der Waals surface area contributed by atoms with E-state index in [1.807, 2.05) is 10.6 Å². The molecule has 40 heavy (non-hydrogen) atoms. The van der Waals surface area contributed by atoms with Gasteiger partial charge in [-0.25, -0.2) is 4.79 Å². The first kappa shape index (κ1) is 35.7. The fourth-order valence-electron chi connectivity index (χ4n) is 3.23. The molecule has 0 aromatic heterocycles. The second-order valence-electron chi connectivity index (χ2n) is 9.20. The summed E-state index contributed by atoms with van der Waals surface area (Å²) in [5, 5.41) is 45.0. The molecule has 0 unspecified atom stereocenters. The largest absolute Gasteiger partial charge is 0.481 e. The molecule has 0 fully saturated rings. The van der Waals surface area contributed by atoms with E-state index in [-0.39, 0.29) is 12.3 Å². The number of carboxylic acid groups (broad SMARTS) is 3. The zero-order chi connectivity index (χ0) is 31.2. The van der Waals surface area contributed by atoms with E-state index in [4.69, 9.17) is 26.8 Å². The van der Waals surface area contributed by atoms with Crippen LogP contribution >= 0.6 is 0 Å². The van der Waals surface area contributed by atoms with Crippen molar-refractivity contribution in [2.75, 3.05) is 6.61 Å². The second-order valence-corrected chi connectivity index (χ2v) is 9.20. The van der Waals surface area contributed by atoms with Crippen molar-refractivity contribution in [2.45, 2.75) is 76.2 Å². The first-order valence-corrected chi connectivity index (χ1v) is 12.0. The molecular formula is C22H36N6O12. The monoisotopic (exact) mass is 576 g/mol. The highest BCUT2D eigenvalue weighted by molar-refractivity contribution is 5.97. The molecule has 18 nitrogen and oxygen atoms in total. The molecule has 0 aromatic carbocycles. The molecule has 0 saturated heterocycles. The van der Waals surface area contributed by atoms with E-state index < -0.39 is 110 Å². The molecule has 0 aliphatic rings. The van der Waals surface area contributed by atoms with Crippen LogP contribution in [0.15, 0.2) is 0 Å². The van der Waals surface area contributed by atoms with E-state index in [2.05, 4.69) is 10.6 Å². The maximum Gasteiger partial charge on any atom is 0.326 e. The molecule has 0 heterocycles. The molecule has 5 amide bonds. The highest BCUT2D eigenvalue weighted by atomic mass is 16.4. The SMILES string of the molecule is CC(C)C[C@H](N)C(=O)N[C@@H](CCC(=O)O)C(=O)N[C@@H](CO)C(=O)N[C@@H](CC(=O)O)C(=O)N[C@@H](CC(N)=O)C(=O)O. The minimum atomic E-state index is -1.91. The number of aliphatic hydroxyl groups excluding tert-OH is 1. The van der Waals surface area contributed by atoms with Gasteiger partial charge in [-0.2, -0.15) is 0 Å². The maximum absolute atomic E-state index is 12.8. The van der Waals surface area contributed by atoms with E-state index in [1.165, 1.54) is 0 Å². The predicted octanol–water partition coefficient (Wildman–Crippen LogP) is -4.41. The average Bonchev–Trinajstić information content (AvgIpc) is 2.82. The topological polar surface area (TPSA) is 318 Å². The molecule has 0 spiro atoms. The summed E-state index contributed by atoms with van der Waals surface area (Å²) in [5.74, 6) is -10.1. The van der Waals surface area contributed by atoms with E-state index in [0.29, 0.717) is 0 Å². The quantitative estimate of drug-likeness (QED) is 0.0695. The van der Waals surface area contributed by atoms with Crippen LogP contribution in [-0.2, 0) is 38.4 Å². The first-order chi connectivity index (χ1) is 18.5. The minimum Gasteiger partial charge on any atom is -0.481 e. The van der Waals surface area contributed by atoms with Crippen LogP contribution in [0.4, 0.5) is 0 Å². The van der Waals surface area contributed by atoms with Gasteiger partial charge < -0.3 is 53.2 Å². The van der Waals surface area contributed by atoms with Gasteiger partial charge in [-0.3, -0.25) is 33.6 Å². The van der Waals surface area contributed by atoms with Gasteiger partial charge in [0.05, 0.1) is 25.5 Å². The fourth-order valence-corrected chi connectivity index (χ4v) is 3.23. The summed E-state index contributed by atoms with van der Waals surface area (Å²) in [6, 6.07) is -8.09. The Morgan fingerprint density at radius 1 is 0.675 bits per heavy atom. The van der Waals surface area contributed by atoms with E-state index >= 15 is 0 Å². The van der Waals surface area contributed by atoms with Crippen molar-refractivity contribution in [3.63, 3.8) is 0 Å². The third-order valence-corrected chi connectivity index (χ3v) is 5.19. The van der Waals surface area contributed by atoms with Crippen LogP contribution in [0.25, 0.3) is 0 Å². The number of nitrogens with two attached hydrogens (primary N) is 2. The Balaban J connectivity index is 5.67. The second kappa shape index (κ2) is 17.3. The van der Waals surface area contributed by atoms with E-state index in [1.54, 1.807) is 13.8 Å². The summed E-state index contributed by atoms with van der Waals surface area (Å²) < 4.78 is 0. The van der Waals surface area contributed by atoms with Gasteiger partial charge in [0.2, 0.25) is 29.5 Å². The predicted molar refractivity (Wildman–Crippen MR) is 133 cm³/mol. The van der Waals surface area contributed by atoms with Gasteiger partial charge in [-0.15, -0.1) is 0 Å². The lowest BCUT2D eigenvalue weighted by atomic mass is 10.0. The Morgan fingerprint density at radius 2 is 1.15 bits per heavy atom. The molecule has 0 rings (SSSR count). The Labute approximate surface area is 228 Å². The van der Waals surface area contributed by atoms with Crippen molar-refractivity contribution >= 4 is 47.4 Å². The lowest BCUT2D eigenvalue weighted by molar-refractivity contribution is -0.145. The molecular weight excluding hydrogens is 540 g/mol. The van der Waals surface area contributed by atoms with Gasteiger partial charge in [0.15, 0.2) is 0 Å². The molecule has 0 radical (unpaired) electrons. The lowest BCUT2D eigenvalue weighted by Gasteiger charge is -2.25. The van der Waals surface area contributed by atoms with Crippen molar-refractivity contribution in [1.82, 2.24) is 21.3 Å². The van der Waals surface area contributed by atoms with Crippen LogP contribution in [0.1, 0.15) is 46.0 Å². The van der Waals surface area contributed by atoms with Crippen molar-refractivity contribution < 1.29 is 58.8 Å². The Bertz CT molecular complexity index is 972. The summed E-state index contributed by atoms with van der Waals surface area (Å²) in [5.41, 5.74) is 10.7. The number of primary amides is 1.